The van der Waals surface area contributed by atoms with Gasteiger partial charge in [-0.25, -0.2) is 9.18 Å². The Hall–Kier alpha value is -3.13. The molecule has 0 radical (unpaired) electrons. The Morgan fingerprint density at radius 2 is 1.92 bits per heavy atom. The summed E-state index contributed by atoms with van der Waals surface area (Å²) in [6, 6.07) is 10.1. The van der Waals surface area contributed by atoms with Crippen LogP contribution in [-0.4, -0.2) is 60.6 Å². The van der Waals surface area contributed by atoms with Crippen LogP contribution in [0.4, 0.5) is 14.9 Å². The zero-order valence-corrected chi connectivity index (χ0v) is 22.3. The first-order valence-electron chi connectivity index (χ1n) is 12.6. The third-order valence-electron chi connectivity index (χ3n) is 6.21. The van der Waals surface area contributed by atoms with Crippen LogP contribution in [0.15, 0.2) is 36.4 Å². The topological polar surface area (TPSA) is 73.9 Å². The summed E-state index contributed by atoms with van der Waals surface area (Å²) in [6.07, 6.45) is 0.368. The number of fused-ring (bicyclic) bond motifs is 1. The number of amides is 2. The monoisotopic (exact) mass is 498 g/mol. The minimum Gasteiger partial charge on any atom is -0.444 e. The molecule has 1 atom stereocenters. The maximum atomic E-state index is 14.4. The molecule has 2 N–H and O–H groups in total. The van der Waals surface area contributed by atoms with Gasteiger partial charge in [0.2, 0.25) is 5.91 Å². The Morgan fingerprint density at radius 3 is 2.58 bits per heavy atom. The zero-order chi connectivity index (χ0) is 26.5. The van der Waals surface area contributed by atoms with Crippen LogP contribution in [0.25, 0.3) is 0 Å². The van der Waals surface area contributed by atoms with Gasteiger partial charge in [-0.15, -0.1) is 0 Å². The molecule has 0 aliphatic carbocycles. The highest BCUT2D eigenvalue weighted by Crippen LogP contribution is 2.28. The number of ether oxygens (including phenoxy) is 1. The number of nitrogens with zero attached hydrogens (tertiary/aromatic N) is 2. The highest BCUT2D eigenvalue weighted by molar-refractivity contribution is 5.86. The number of nitrogens with one attached hydrogen (secondary N) is 2. The Labute approximate surface area is 214 Å². The second kappa shape index (κ2) is 11.7. The van der Waals surface area contributed by atoms with Gasteiger partial charge in [0, 0.05) is 38.9 Å². The molecule has 0 saturated carbocycles. The van der Waals surface area contributed by atoms with Crippen molar-refractivity contribution in [1.82, 2.24) is 15.1 Å². The number of carbonyl (C=O) groups is 2. The SMILES string of the molecule is CCNCCN(C)C(=O)C(Nc1ccc2c(c1)CCN(C(=O)OC(C)(C)C)C2)c1ccc(C)c(F)c1. The van der Waals surface area contributed by atoms with Crippen molar-refractivity contribution in [3.8, 4) is 0 Å². The van der Waals surface area contributed by atoms with Crippen LogP contribution in [0.1, 0.15) is 56.0 Å². The van der Waals surface area contributed by atoms with Crippen LogP contribution in [0, 0.1) is 12.7 Å². The van der Waals surface area contributed by atoms with Gasteiger partial charge < -0.3 is 25.2 Å². The molecule has 0 aromatic heterocycles. The Balaban J connectivity index is 1.80. The van der Waals surface area contributed by atoms with E-state index in [4.69, 9.17) is 4.74 Å². The van der Waals surface area contributed by atoms with Gasteiger partial charge in [-0.1, -0.05) is 25.1 Å². The molecule has 1 heterocycles. The largest absolute Gasteiger partial charge is 0.444 e. The highest BCUT2D eigenvalue weighted by atomic mass is 19.1. The molecule has 0 spiro atoms. The number of hydrogen-bond donors (Lipinski definition) is 2. The minimum atomic E-state index is -0.730. The number of aryl methyl sites for hydroxylation is 1. The number of benzene rings is 2. The van der Waals surface area contributed by atoms with Gasteiger partial charge in [0.1, 0.15) is 17.5 Å². The first kappa shape index (κ1) is 27.5. The minimum absolute atomic E-state index is 0.134. The number of carbonyl (C=O) groups excluding carboxylic acids is 2. The molecule has 1 unspecified atom stereocenters. The molecule has 0 saturated heterocycles. The molecular formula is C28H39FN4O3. The van der Waals surface area contributed by atoms with Crippen LogP contribution in [0.2, 0.25) is 0 Å². The van der Waals surface area contributed by atoms with Crippen molar-refractivity contribution in [3.05, 3.63) is 64.5 Å². The van der Waals surface area contributed by atoms with Crippen molar-refractivity contribution in [2.45, 2.75) is 59.2 Å². The summed E-state index contributed by atoms with van der Waals surface area (Å²) in [7, 11) is 1.76. The van der Waals surface area contributed by atoms with Crippen LogP contribution >= 0.6 is 0 Å². The lowest BCUT2D eigenvalue weighted by atomic mass is 9.98. The van der Waals surface area contributed by atoms with Crippen LogP contribution in [0.3, 0.4) is 0 Å². The first-order valence-corrected chi connectivity index (χ1v) is 12.6. The molecule has 2 aromatic rings. The van der Waals surface area contributed by atoms with E-state index in [0.29, 0.717) is 43.7 Å². The van der Waals surface area contributed by atoms with Crippen molar-refractivity contribution < 1.29 is 18.7 Å². The summed E-state index contributed by atoms with van der Waals surface area (Å²) in [5, 5.41) is 6.57. The molecule has 2 aromatic carbocycles. The van der Waals surface area contributed by atoms with Crippen molar-refractivity contribution in [3.63, 3.8) is 0 Å². The molecule has 196 valence electrons. The number of likely N-dealkylation sites (N-methyl/N-ethyl adjacent to an activating group) is 2. The number of halogens is 1. The van der Waals surface area contributed by atoms with Crippen molar-refractivity contribution in [1.29, 1.82) is 0 Å². The van der Waals surface area contributed by atoms with E-state index in [-0.39, 0.29) is 17.8 Å². The Bertz CT molecular complexity index is 1080. The molecule has 1 aliphatic heterocycles. The van der Waals surface area contributed by atoms with E-state index in [1.165, 1.54) is 6.07 Å². The molecule has 0 fully saturated rings. The predicted molar refractivity (Wildman–Crippen MR) is 140 cm³/mol. The van der Waals surface area contributed by atoms with E-state index in [1.807, 2.05) is 45.9 Å². The average molecular weight is 499 g/mol. The molecule has 7 nitrogen and oxygen atoms in total. The lowest BCUT2D eigenvalue weighted by Crippen LogP contribution is -2.40. The lowest BCUT2D eigenvalue weighted by Gasteiger charge is -2.32. The summed E-state index contributed by atoms with van der Waals surface area (Å²) in [5.74, 6) is -0.472. The Morgan fingerprint density at radius 1 is 1.17 bits per heavy atom. The molecule has 3 rings (SSSR count). The molecule has 36 heavy (non-hydrogen) atoms. The van der Waals surface area contributed by atoms with E-state index >= 15 is 0 Å². The van der Waals surface area contributed by atoms with Gasteiger partial charge in [0.15, 0.2) is 0 Å². The molecule has 8 heteroatoms. The summed E-state index contributed by atoms with van der Waals surface area (Å²) in [4.78, 5) is 29.3. The first-order chi connectivity index (χ1) is 17.0. The number of hydrogen-bond acceptors (Lipinski definition) is 5. The third-order valence-corrected chi connectivity index (χ3v) is 6.21. The summed E-state index contributed by atoms with van der Waals surface area (Å²) in [6.45, 7) is 12.4. The molecule has 2 amide bonds. The number of anilines is 1. The molecular weight excluding hydrogens is 459 g/mol. The lowest BCUT2D eigenvalue weighted by molar-refractivity contribution is -0.130. The quantitative estimate of drug-likeness (QED) is 0.519. The Kier molecular flexibility index (Phi) is 8.95. The van der Waals surface area contributed by atoms with E-state index in [0.717, 1.165) is 23.4 Å². The maximum Gasteiger partial charge on any atom is 0.410 e. The van der Waals surface area contributed by atoms with E-state index < -0.39 is 11.6 Å². The molecule has 0 bridgehead atoms. The highest BCUT2D eigenvalue weighted by Gasteiger charge is 2.27. The third kappa shape index (κ3) is 7.20. The van der Waals surface area contributed by atoms with E-state index in [2.05, 4.69) is 10.6 Å². The smallest absolute Gasteiger partial charge is 0.410 e. The normalized spacial score (nSPS) is 14.1. The summed E-state index contributed by atoms with van der Waals surface area (Å²) in [5.41, 5.74) is 3.51. The van der Waals surface area contributed by atoms with Crippen molar-refractivity contribution in [2.75, 3.05) is 38.5 Å². The van der Waals surface area contributed by atoms with Crippen molar-refractivity contribution in [2.24, 2.45) is 0 Å². The second-order valence-corrected chi connectivity index (χ2v) is 10.3. The van der Waals surface area contributed by atoms with E-state index in [9.17, 15) is 14.0 Å². The van der Waals surface area contributed by atoms with Crippen molar-refractivity contribution >= 4 is 17.7 Å². The van der Waals surface area contributed by atoms with Crippen LogP contribution < -0.4 is 10.6 Å². The van der Waals surface area contributed by atoms with Gasteiger partial charge in [-0.2, -0.15) is 0 Å². The maximum absolute atomic E-state index is 14.4. The van der Waals surface area contributed by atoms with Gasteiger partial charge in [0.25, 0.3) is 0 Å². The fraction of sp³-hybridized carbons (Fsp3) is 0.500. The van der Waals surface area contributed by atoms with Gasteiger partial charge in [-0.05, 0) is 81.1 Å². The zero-order valence-electron chi connectivity index (χ0n) is 22.3. The molecule has 1 aliphatic rings. The summed E-state index contributed by atoms with van der Waals surface area (Å²) >= 11 is 0. The average Bonchev–Trinajstić information content (AvgIpc) is 2.82. The van der Waals surface area contributed by atoms with Gasteiger partial charge in [0.05, 0.1) is 0 Å². The van der Waals surface area contributed by atoms with Crippen LogP contribution in [-0.2, 0) is 22.5 Å². The second-order valence-electron chi connectivity index (χ2n) is 10.3. The predicted octanol–water partition coefficient (Wildman–Crippen LogP) is 4.65. The van der Waals surface area contributed by atoms with Crippen LogP contribution in [0.5, 0.6) is 0 Å². The van der Waals surface area contributed by atoms with Gasteiger partial charge in [-0.3, -0.25) is 4.79 Å². The standard InChI is InChI=1S/C28H39FN4O3/c1-7-30-13-15-32(6)26(34)25(21-9-8-19(2)24(29)17-21)31-23-11-10-22-18-33(14-12-20(22)16-23)27(35)36-28(3,4)5/h8-11,16-17,25,30-31H,7,12-15,18H2,1-6H3. The number of rotatable bonds is 8. The van der Waals surface area contributed by atoms with Gasteiger partial charge >= 0.3 is 6.09 Å². The fourth-order valence-electron chi connectivity index (χ4n) is 4.12. The fourth-order valence-corrected chi connectivity index (χ4v) is 4.12. The van der Waals surface area contributed by atoms with E-state index in [1.54, 1.807) is 35.9 Å². The summed E-state index contributed by atoms with van der Waals surface area (Å²) < 4.78 is 19.9.